The Morgan fingerprint density at radius 2 is 0.967 bits per heavy atom. The van der Waals surface area contributed by atoms with Gasteiger partial charge in [-0.05, 0) is 166 Å². The molecule has 2 aliphatic rings. The lowest BCUT2D eigenvalue weighted by Gasteiger charge is -2.32. The lowest BCUT2D eigenvalue weighted by molar-refractivity contribution is 0.625. The van der Waals surface area contributed by atoms with E-state index in [0.29, 0.717) is 0 Å². The van der Waals surface area contributed by atoms with Gasteiger partial charge in [0, 0.05) is 33.3 Å². The number of hydrogen-bond acceptors (Lipinski definition) is 1. The Bertz CT molecular complexity index is 2820. The minimum absolute atomic E-state index is 0.101. The quantitative estimate of drug-likeness (QED) is 0.139. The number of rotatable bonds is 8. The number of benzene rings is 7. The number of fused-ring (bicyclic) bond motifs is 6. The highest BCUT2D eigenvalue weighted by Crippen LogP contribution is 2.53. The summed E-state index contributed by atoms with van der Waals surface area (Å²) in [5.74, 6) is 0. The zero-order valence-corrected chi connectivity index (χ0v) is 38.0. The first-order valence-electron chi connectivity index (χ1n) is 22.1. The maximum atomic E-state index is 2.47. The molecule has 0 aliphatic heterocycles. The number of anilines is 3. The van der Waals surface area contributed by atoms with Crippen LogP contribution in [0, 0.1) is 13.8 Å². The van der Waals surface area contributed by atoms with Gasteiger partial charge in [0.2, 0.25) is 0 Å². The predicted octanol–water partition coefficient (Wildman–Crippen LogP) is 16.9. The van der Waals surface area contributed by atoms with E-state index in [1.165, 1.54) is 106 Å². The molecule has 7 aromatic rings. The molecule has 9 rings (SSSR count). The van der Waals surface area contributed by atoms with E-state index in [1.54, 1.807) is 0 Å². The van der Waals surface area contributed by atoms with Crippen LogP contribution < -0.4 is 4.90 Å². The van der Waals surface area contributed by atoms with Crippen molar-refractivity contribution in [3.8, 4) is 44.5 Å². The molecule has 304 valence electrons. The predicted molar refractivity (Wildman–Crippen MR) is 263 cm³/mol. The van der Waals surface area contributed by atoms with Gasteiger partial charge in [-0.3, -0.25) is 0 Å². The number of aryl methyl sites for hydroxylation is 1. The van der Waals surface area contributed by atoms with Gasteiger partial charge in [-0.1, -0.05) is 162 Å². The van der Waals surface area contributed by atoms with Gasteiger partial charge >= 0.3 is 0 Å². The summed E-state index contributed by atoms with van der Waals surface area (Å²) in [6.07, 6.45) is 4.51. The van der Waals surface area contributed by atoms with E-state index in [1.807, 2.05) is 0 Å². The molecule has 0 fully saturated rings. The first-order chi connectivity index (χ1) is 29.2. The van der Waals surface area contributed by atoms with Crippen LogP contribution in [0.4, 0.5) is 17.1 Å². The second-order valence-electron chi connectivity index (χ2n) is 19.0. The molecule has 1 heteroatoms. The highest BCUT2D eigenvalue weighted by Gasteiger charge is 2.38. The summed E-state index contributed by atoms with van der Waals surface area (Å²) in [6, 6.07) is 55.1. The second-order valence-corrected chi connectivity index (χ2v) is 19.0. The van der Waals surface area contributed by atoms with Crippen molar-refractivity contribution >= 4 is 17.1 Å². The normalized spacial score (nSPS) is 14.9. The van der Waals surface area contributed by atoms with Crippen molar-refractivity contribution in [2.24, 2.45) is 0 Å². The molecular weight excluding hydrogens is 735 g/mol. The minimum Gasteiger partial charge on any atom is -0.310 e. The third-order valence-corrected chi connectivity index (χ3v) is 14.5. The SMILES string of the molecule is C/C=C(C)\C(=C/C)C(C)(C)c1cccc(-c2cc(-c3ccc(N(c4ccc5c(c4)C(C)(C)c4ccccc4-5)c4ccc5c(c4)C(C)(C)c4ccccc4-5)cc3)ccc2C)c1C. The molecule has 0 saturated carbocycles. The monoisotopic (exact) mass is 793 g/mol. The van der Waals surface area contributed by atoms with Crippen LogP contribution in [0.2, 0.25) is 0 Å². The zero-order valence-electron chi connectivity index (χ0n) is 38.0. The summed E-state index contributed by atoms with van der Waals surface area (Å²) < 4.78 is 0. The number of hydrogen-bond donors (Lipinski definition) is 0. The van der Waals surface area contributed by atoms with Crippen LogP contribution in [0.1, 0.15) is 101 Å². The molecule has 0 bridgehead atoms. The van der Waals surface area contributed by atoms with E-state index in [2.05, 4.69) is 239 Å². The molecule has 0 unspecified atom stereocenters. The third kappa shape index (κ3) is 6.35. The first-order valence-corrected chi connectivity index (χ1v) is 22.1. The summed E-state index contributed by atoms with van der Waals surface area (Å²) >= 11 is 0. The van der Waals surface area contributed by atoms with Crippen molar-refractivity contribution in [1.29, 1.82) is 0 Å². The Morgan fingerprint density at radius 3 is 1.51 bits per heavy atom. The van der Waals surface area contributed by atoms with Crippen LogP contribution in [0.25, 0.3) is 44.5 Å². The van der Waals surface area contributed by atoms with Gasteiger partial charge in [-0.25, -0.2) is 0 Å². The van der Waals surface area contributed by atoms with Crippen molar-refractivity contribution < 1.29 is 0 Å². The molecule has 0 radical (unpaired) electrons. The number of allylic oxidation sites excluding steroid dienone is 4. The molecule has 7 aromatic carbocycles. The van der Waals surface area contributed by atoms with Crippen LogP contribution in [0.3, 0.4) is 0 Å². The molecule has 61 heavy (non-hydrogen) atoms. The summed E-state index contributed by atoms with van der Waals surface area (Å²) in [4.78, 5) is 2.47. The Morgan fingerprint density at radius 1 is 0.475 bits per heavy atom. The third-order valence-electron chi connectivity index (χ3n) is 14.5. The topological polar surface area (TPSA) is 3.24 Å². The number of nitrogens with zero attached hydrogens (tertiary/aromatic N) is 1. The van der Waals surface area contributed by atoms with Crippen molar-refractivity contribution in [3.63, 3.8) is 0 Å². The smallest absolute Gasteiger partial charge is 0.0465 e. The van der Waals surface area contributed by atoms with E-state index >= 15 is 0 Å². The maximum Gasteiger partial charge on any atom is 0.0465 e. The van der Waals surface area contributed by atoms with E-state index in [0.717, 1.165) is 5.69 Å². The molecule has 0 saturated heterocycles. The second kappa shape index (κ2) is 14.8. The molecule has 2 aliphatic carbocycles. The van der Waals surface area contributed by atoms with Gasteiger partial charge in [0.05, 0.1) is 0 Å². The Balaban J connectivity index is 1.13. The lowest BCUT2D eigenvalue weighted by Crippen LogP contribution is -2.22. The molecule has 0 atom stereocenters. The van der Waals surface area contributed by atoms with Crippen molar-refractivity contribution in [1.82, 2.24) is 0 Å². The fourth-order valence-electron chi connectivity index (χ4n) is 11.0. The van der Waals surface area contributed by atoms with E-state index in [-0.39, 0.29) is 16.2 Å². The largest absolute Gasteiger partial charge is 0.310 e. The molecule has 0 N–H and O–H groups in total. The lowest BCUT2D eigenvalue weighted by atomic mass is 9.72. The van der Waals surface area contributed by atoms with Gasteiger partial charge < -0.3 is 4.90 Å². The van der Waals surface area contributed by atoms with Crippen LogP contribution in [-0.2, 0) is 16.2 Å². The first kappa shape index (κ1) is 40.2. The average Bonchev–Trinajstić information content (AvgIpc) is 3.63. The fraction of sp³-hybridized carbons (Fsp3) is 0.233. The Hall–Kier alpha value is -6.18. The van der Waals surface area contributed by atoms with Gasteiger partial charge in [-0.2, -0.15) is 0 Å². The zero-order chi connectivity index (χ0) is 43.0. The van der Waals surface area contributed by atoms with Crippen LogP contribution >= 0.6 is 0 Å². The van der Waals surface area contributed by atoms with E-state index < -0.39 is 0 Å². The highest BCUT2D eigenvalue weighted by atomic mass is 15.1. The molecule has 0 spiro atoms. The van der Waals surface area contributed by atoms with E-state index in [4.69, 9.17) is 0 Å². The van der Waals surface area contributed by atoms with Gasteiger partial charge in [0.1, 0.15) is 0 Å². The van der Waals surface area contributed by atoms with Crippen LogP contribution in [-0.4, -0.2) is 0 Å². The molecule has 0 heterocycles. The summed E-state index contributed by atoms with van der Waals surface area (Å²) in [5.41, 5.74) is 25.7. The summed E-state index contributed by atoms with van der Waals surface area (Å²) in [7, 11) is 0. The molecule has 1 nitrogen and oxygen atoms in total. The van der Waals surface area contributed by atoms with Gasteiger partial charge in [0.15, 0.2) is 0 Å². The van der Waals surface area contributed by atoms with Crippen LogP contribution in [0.15, 0.2) is 169 Å². The van der Waals surface area contributed by atoms with Gasteiger partial charge in [-0.15, -0.1) is 0 Å². The van der Waals surface area contributed by atoms with Gasteiger partial charge in [0.25, 0.3) is 0 Å². The molecular formula is C60H59N. The Kier molecular flexibility index (Phi) is 9.74. The van der Waals surface area contributed by atoms with E-state index in [9.17, 15) is 0 Å². The summed E-state index contributed by atoms with van der Waals surface area (Å²) in [6.45, 7) is 25.3. The van der Waals surface area contributed by atoms with Crippen molar-refractivity contribution in [2.45, 2.75) is 92.4 Å². The average molecular weight is 794 g/mol. The molecule has 0 amide bonds. The molecule has 0 aromatic heterocycles. The van der Waals surface area contributed by atoms with Crippen molar-refractivity contribution in [2.75, 3.05) is 4.90 Å². The highest BCUT2D eigenvalue weighted by molar-refractivity contribution is 5.89. The standard InChI is InChI=1S/C60H59N/c1-12-38(3)52(13-2)58(6,7)53-24-18-21-46(40(53)5)51-35-42(26-25-39(51)4)41-27-29-43(30-28-41)61(44-31-33-49-47-19-14-16-22-54(47)59(8,9)56(49)36-44)45-32-34-50-48-20-15-17-23-55(48)60(10,11)57(50)37-45/h12-37H,1-11H3/b38-12-,52-13+. The maximum absolute atomic E-state index is 2.47. The summed E-state index contributed by atoms with van der Waals surface area (Å²) in [5, 5.41) is 0. The Labute approximate surface area is 365 Å². The minimum atomic E-state index is -0.129. The van der Waals surface area contributed by atoms with Crippen molar-refractivity contribution in [3.05, 3.63) is 208 Å². The van der Waals surface area contributed by atoms with Crippen LogP contribution in [0.5, 0.6) is 0 Å². The fourth-order valence-corrected chi connectivity index (χ4v) is 11.0.